The van der Waals surface area contributed by atoms with Gasteiger partial charge in [-0.3, -0.25) is 14.4 Å². The average Bonchev–Trinajstić information content (AvgIpc) is 3.50. The average molecular weight is 591 g/mol. The smallest absolute Gasteiger partial charge is 0.250 e. The summed E-state index contributed by atoms with van der Waals surface area (Å²) in [6.07, 6.45) is 0.466. The van der Waals surface area contributed by atoms with Gasteiger partial charge in [0.2, 0.25) is 17.7 Å². The first-order valence-electron chi connectivity index (χ1n) is 15.6. The maximum Gasteiger partial charge on any atom is 0.250 e. The van der Waals surface area contributed by atoms with Gasteiger partial charge in [-0.2, -0.15) is 0 Å². The molecule has 3 amide bonds. The predicted octanol–water partition coefficient (Wildman–Crippen LogP) is 3.82. The normalized spacial score (nSPS) is 30.0. The predicted molar refractivity (Wildman–Crippen MR) is 166 cm³/mol. The fraction of sp³-hybridized carbons (Fsp3) is 0.559. The second kappa shape index (κ2) is 11.9. The number of carbonyl (C=O) groups excluding carboxylic acids is 3. The van der Waals surface area contributed by atoms with Gasteiger partial charge in [0, 0.05) is 31.0 Å². The summed E-state index contributed by atoms with van der Waals surface area (Å²) in [5.41, 5.74) is 0.527. The molecular formula is C34H46N4O5. The summed E-state index contributed by atoms with van der Waals surface area (Å²) < 4.78 is 6.82. The zero-order valence-electron chi connectivity index (χ0n) is 26.2. The van der Waals surface area contributed by atoms with Crippen LogP contribution in [0.4, 0.5) is 11.4 Å². The first-order valence-corrected chi connectivity index (χ1v) is 15.6. The summed E-state index contributed by atoms with van der Waals surface area (Å²) in [5.74, 6) is -2.72. The van der Waals surface area contributed by atoms with E-state index in [0.29, 0.717) is 18.7 Å². The molecule has 9 nitrogen and oxygen atoms in total. The number of hydrogen-bond acceptors (Lipinski definition) is 6. The molecule has 232 valence electrons. The number of ether oxygens (including phenoxy) is 1. The maximum absolute atomic E-state index is 14.4. The lowest BCUT2D eigenvalue weighted by Crippen LogP contribution is -2.57. The topological polar surface area (TPSA) is 111 Å². The number of likely N-dealkylation sites (tertiary alicyclic amines) is 1. The third-order valence-electron chi connectivity index (χ3n) is 10.2. The standard InChI is InChI=1S/C34H46N4O5/c1-7-37(8-2)25-16-14-24(15-17-25)36-31(41)29-34-18-22(5)33(6,43-34)27(30(40)35-19-23-12-10-9-11-13-23)28(34)32(42)38(29)26(20-39)21(3)4/h9-17,21-22,26-29,39H,7-8,18-20H2,1-6H3,(H,35,40)(H,36,41)/t22?,26-,27-,28-,29?,33+,34?/m0/s1. The molecule has 2 aromatic carbocycles. The van der Waals surface area contributed by atoms with Crippen LogP contribution in [-0.2, 0) is 25.7 Å². The van der Waals surface area contributed by atoms with E-state index in [-0.39, 0.29) is 36.2 Å². The lowest BCUT2D eigenvalue weighted by molar-refractivity contribution is -0.150. The molecule has 5 rings (SSSR count). The Kier molecular flexibility index (Phi) is 8.60. The van der Waals surface area contributed by atoms with E-state index < -0.39 is 35.1 Å². The van der Waals surface area contributed by atoms with Gasteiger partial charge in [-0.25, -0.2) is 0 Å². The van der Waals surface area contributed by atoms with Crippen molar-refractivity contribution < 1.29 is 24.2 Å². The van der Waals surface area contributed by atoms with Gasteiger partial charge in [0.15, 0.2) is 0 Å². The van der Waals surface area contributed by atoms with Crippen molar-refractivity contribution in [1.82, 2.24) is 10.2 Å². The fourth-order valence-electron chi connectivity index (χ4n) is 7.80. The van der Waals surface area contributed by atoms with Crippen LogP contribution in [0.2, 0.25) is 0 Å². The molecule has 3 heterocycles. The van der Waals surface area contributed by atoms with Crippen molar-refractivity contribution >= 4 is 29.1 Å². The molecule has 2 bridgehead atoms. The maximum atomic E-state index is 14.4. The van der Waals surface area contributed by atoms with E-state index in [1.165, 1.54) is 4.90 Å². The summed E-state index contributed by atoms with van der Waals surface area (Å²) in [7, 11) is 0. The molecule has 7 atom stereocenters. The minimum atomic E-state index is -1.19. The number of rotatable bonds is 11. The summed E-state index contributed by atoms with van der Waals surface area (Å²) in [6.45, 7) is 13.8. The van der Waals surface area contributed by atoms with Crippen molar-refractivity contribution in [3.05, 3.63) is 60.2 Å². The molecule has 0 aliphatic carbocycles. The Balaban J connectivity index is 1.49. The highest BCUT2D eigenvalue weighted by atomic mass is 16.5. The molecule has 0 saturated carbocycles. The van der Waals surface area contributed by atoms with Gasteiger partial charge in [-0.15, -0.1) is 0 Å². The van der Waals surface area contributed by atoms with Gasteiger partial charge in [0.1, 0.15) is 11.6 Å². The Hall–Kier alpha value is -3.43. The lowest BCUT2D eigenvalue weighted by atomic mass is 9.62. The number of carbonyl (C=O) groups is 3. The molecule has 43 heavy (non-hydrogen) atoms. The minimum absolute atomic E-state index is 0.0701. The van der Waals surface area contributed by atoms with Crippen LogP contribution in [0.5, 0.6) is 0 Å². The second-order valence-electron chi connectivity index (χ2n) is 12.9. The number of amides is 3. The fourth-order valence-corrected chi connectivity index (χ4v) is 7.80. The van der Waals surface area contributed by atoms with Gasteiger partial charge in [0.05, 0.1) is 30.1 Å². The van der Waals surface area contributed by atoms with Crippen LogP contribution in [0, 0.1) is 23.7 Å². The first kappa shape index (κ1) is 31.0. The number of anilines is 2. The third-order valence-corrected chi connectivity index (χ3v) is 10.2. The van der Waals surface area contributed by atoms with E-state index in [4.69, 9.17) is 4.74 Å². The molecule has 3 unspecified atom stereocenters. The van der Waals surface area contributed by atoms with E-state index in [9.17, 15) is 19.5 Å². The van der Waals surface area contributed by atoms with Crippen LogP contribution in [0.1, 0.15) is 53.5 Å². The molecule has 1 spiro atoms. The highest BCUT2D eigenvalue weighted by molar-refractivity contribution is 6.04. The SMILES string of the molecule is CCN(CC)c1ccc(NC(=O)C2N([C@@H](CO)C(C)C)C(=O)[C@@H]3[C@@H](C(=O)NCc4ccccc4)[C@]4(C)OC23CC4C)cc1. The summed E-state index contributed by atoms with van der Waals surface area (Å²) >= 11 is 0. The Morgan fingerprint density at radius 1 is 1.07 bits per heavy atom. The van der Waals surface area contributed by atoms with Crippen LogP contribution in [0.15, 0.2) is 54.6 Å². The molecule has 3 saturated heterocycles. The van der Waals surface area contributed by atoms with Gasteiger partial charge >= 0.3 is 0 Å². The molecular weight excluding hydrogens is 544 g/mol. The zero-order valence-corrected chi connectivity index (χ0v) is 26.2. The monoisotopic (exact) mass is 590 g/mol. The van der Waals surface area contributed by atoms with Crippen LogP contribution < -0.4 is 15.5 Å². The third kappa shape index (κ3) is 5.10. The number of nitrogens with one attached hydrogen (secondary N) is 2. The summed E-state index contributed by atoms with van der Waals surface area (Å²) in [5, 5.41) is 16.6. The number of hydrogen-bond donors (Lipinski definition) is 3. The van der Waals surface area contributed by atoms with Gasteiger partial charge in [-0.1, -0.05) is 51.1 Å². The van der Waals surface area contributed by atoms with Crippen molar-refractivity contribution in [2.45, 2.75) is 77.8 Å². The molecule has 2 aromatic rings. The Morgan fingerprint density at radius 3 is 2.30 bits per heavy atom. The van der Waals surface area contributed by atoms with Crippen molar-refractivity contribution in [3.63, 3.8) is 0 Å². The Bertz CT molecular complexity index is 1330. The van der Waals surface area contributed by atoms with Crippen molar-refractivity contribution in [3.8, 4) is 0 Å². The summed E-state index contributed by atoms with van der Waals surface area (Å²) in [4.78, 5) is 46.4. The molecule has 0 radical (unpaired) electrons. The largest absolute Gasteiger partial charge is 0.394 e. The molecule has 0 aromatic heterocycles. The number of fused-ring (bicyclic) bond motifs is 1. The second-order valence-corrected chi connectivity index (χ2v) is 12.9. The number of benzene rings is 2. The Morgan fingerprint density at radius 2 is 1.72 bits per heavy atom. The van der Waals surface area contributed by atoms with Crippen molar-refractivity contribution in [2.75, 3.05) is 29.9 Å². The highest BCUT2D eigenvalue weighted by Gasteiger charge is 2.80. The van der Waals surface area contributed by atoms with E-state index in [2.05, 4.69) is 29.4 Å². The molecule has 3 aliphatic rings. The van der Waals surface area contributed by atoms with Gasteiger partial charge in [0.25, 0.3) is 0 Å². The van der Waals surface area contributed by atoms with Crippen LogP contribution >= 0.6 is 0 Å². The Labute approximate surface area is 255 Å². The van der Waals surface area contributed by atoms with Crippen LogP contribution in [-0.4, -0.2) is 70.7 Å². The van der Waals surface area contributed by atoms with Crippen LogP contribution in [0.3, 0.4) is 0 Å². The minimum Gasteiger partial charge on any atom is -0.394 e. The zero-order chi connectivity index (χ0) is 31.1. The van der Waals surface area contributed by atoms with Gasteiger partial charge < -0.3 is 30.3 Å². The quantitative estimate of drug-likeness (QED) is 0.367. The van der Waals surface area contributed by atoms with Crippen molar-refractivity contribution in [2.24, 2.45) is 23.7 Å². The van der Waals surface area contributed by atoms with E-state index in [1.54, 1.807) is 0 Å². The number of aliphatic hydroxyl groups excluding tert-OH is 1. The van der Waals surface area contributed by atoms with Gasteiger partial charge in [-0.05, 0) is 68.9 Å². The van der Waals surface area contributed by atoms with E-state index >= 15 is 0 Å². The molecule has 3 N–H and O–H groups in total. The van der Waals surface area contributed by atoms with E-state index in [0.717, 1.165) is 24.3 Å². The molecule has 3 aliphatic heterocycles. The summed E-state index contributed by atoms with van der Waals surface area (Å²) in [6, 6.07) is 15.7. The van der Waals surface area contributed by atoms with E-state index in [1.807, 2.05) is 82.3 Å². The van der Waals surface area contributed by atoms with Crippen LogP contribution in [0.25, 0.3) is 0 Å². The van der Waals surface area contributed by atoms with Crippen molar-refractivity contribution in [1.29, 1.82) is 0 Å². The molecule has 9 heteroatoms. The number of nitrogens with zero attached hydrogens (tertiary/aromatic N) is 2. The lowest BCUT2D eigenvalue weighted by Gasteiger charge is -2.38. The number of aliphatic hydroxyl groups is 1. The highest BCUT2D eigenvalue weighted by Crippen LogP contribution is 2.65. The molecule has 3 fully saturated rings. The first-order chi connectivity index (χ1) is 20.5.